The zero-order valence-corrected chi connectivity index (χ0v) is 19.1. The van der Waals surface area contributed by atoms with Crippen LogP contribution < -0.4 is 21.3 Å². The first-order chi connectivity index (χ1) is 15.8. The van der Waals surface area contributed by atoms with Crippen LogP contribution in [0, 0.1) is 5.41 Å². The van der Waals surface area contributed by atoms with E-state index in [1.54, 1.807) is 23.0 Å². The van der Waals surface area contributed by atoms with Gasteiger partial charge in [-0.3, -0.25) is 14.6 Å². The molecule has 3 aromatic rings. The van der Waals surface area contributed by atoms with E-state index in [4.69, 9.17) is 17.0 Å². The number of allylic oxidation sites excluding steroid dienone is 1. The molecule has 0 aliphatic rings. The lowest BCUT2D eigenvalue weighted by molar-refractivity contribution is -0.119. The predicted octanol–water partition coefficient (Wildman–Crippen LogP) is 1.82. The molecule has 2 amide bonds. The van der Waals surface area contributed by atoms with Gasteiger partial charge in [-0.05, 0) is 19.9 Å². The SMILES string of the molecule is CNC(=O)CN/C=C(\C=N)NC(=O)c1cnc(-c2cnn3cc(Cl)cnc23)cc1NC(C)C. The standard InChI is InChI=1S/C21H24ClN9O2/c1-12(2)29-18-4-17(15-9-28-31-11-13(22)6-27-20(15)31)26-8-16(18)21(33)30-14(5-23)7-25-10-19(32)24-3/h4-9,11-12,23,25H,10H2,1-3H3,(H,24,32)(H,26,29)(H,30,33)/b14-7+,23-5?. The van der Waals surface area contributed by atoms with Crippen LogP contribution in [0.25, 0.3) is 16.9 Å². The third-order valence-corrected chi connectivity index (χ3v) is 4.60. The van der Waals surface area contributed by atoms with Crippen LogP contribution in [-0.4, -0.2) is 57.2 Å². The summed E-state index contributed by atoms with van der Waals surface area (Å²) >= 11 is 5.98. The smallest absolute Gasteiger partial charge is 0.259 e. The molecular weight excluding hydrogens is 446 g/mol. The molecule has 33 heavy (non-hydrogen) atoms. The van der Waals surface area contributed by atoms with Gasteiger partial charge in [0.05, 0.1) is 52.2 Å². The summed E-state index contributed by atoms with van der Waals surface area (Å²) < 4.78 is 1.56. The number of carbonyl (C=O) groups excluding carboxylic acids is 2. The lowest BCUT2D eigenvalue weighted by Crippen LogP contribution is -2.31. The second-order valence-electron chi connectivity index (χ2n) is 7.26. The first kappa shape index (κ1) is 23.7. The monoisotopic (exact) mass is 469 g/mol. The molecule has 0 saturated carbocycles. The normalized spacial score (nSPS) is 11.4. The van der Waals surface area contributed by atoms with E-state index in [1.807, 2.05) is 13.8 Å². The number of halogens is 1. The molecule has 0 aliphatic carbocycles. The molecule has 12 heteroatoms. The lowest BCUT2D eigenvalue weighted by atomic mass is 10.1. The van der Waals surface area contributed by atoms with Crippen molar-refractivity contribution in [2.24, 2.45) is 0 Å². The van der Waals surface area contributed by atoms with Gasteiger partial charge >= 0.3 is 0 Å². The van der Waals surface area contributed by atoms with E-state index in [1.165, 1.54) is 25.6 Å². The maximum atomic E-state index is 12.9. The van der Waals surface area contributed by atoms with E-state index < -0.39 is 5.91 Å². The number of aromatic nitrogens is 4. The fourth-order valence-corrected chi connectivity index (χ4v) is 3.04. The Hall–Kier alpha value is -3.99. The fourth-order valence-electron chi connectivity index (χ4n) is 2.90. The average Bonchev–Trinajstić information content (AvgIpc) is 3.20. The summed E-state index contributed by atoms with van der Waals surface area (Å²) in [4.78, 5) is 33.0. The zero-order chi connectivity index (χ0) is 24.0. The number of anilines is 1. The first-order valence-corrected chi connectivity index (χ1v) is 10.4. The highest BCUT2D eigenvalue weighted by Gasteiger charge is 2.17. The topological polar surface area (TPSA) is 149 Å². The van der Waals surface area contributed by atoms with Crippen molar-refractivity contribution in [2.75, 3.05) is 18.9 Å². The van der Waals surface area contributed by atoms with Crippen molar-refractivity contribution in [1.82, 2.24) is 35.5 Å². The van der Waals surface area contributed by atoms with Gasteiger partial charge in [0.1, 0.15) is 0 Å². The molecule has 172 valence electrons. The van der Waals surface area contributed by atoms with Crippen LogP contribution in [0.2, 0.25) is 5.02 Å². The van der Waals surface area contributed by atoms with Crippen molar-refractivity contribution in [3.8, 4) is 11.3 Å². The maximum absolute atomic E-state index is 12.9. The summed E-state index contributed by atoms with van der Waals surface area (Å²) in [6.07, 6.45) is 8.61. The molecule has 0 fully saturated rings. The van der Waals surface area contributed by atoms with Crippen LogP contribution in [0.4, 0.5) is 5.69 Å². The molecule has 0 aromatic carbocycles. The van der Waals surface area contributed by atoms with Crippen molar-refractivity contribution >= 4 is 41.0 Å². The molecule has 3 rings (SSSR count). The number of fused-ring (bicyclic) bond motifs is 1. The van der Waals surface area contributed by atoms with Gasteiger partial charge in [-0.2, -0.15) is 5.10 Å². The Morgan fingerprint density at radius 3 is 2.73 bits per heavy atom. The van der Waals surface area contributed by atoms with E-state index >= 15 is 0 Å². The molecule has 11 nitrogen and oxygen atoms in total. The van der Waals surface area contributed by atoms with Gasteiger partial charge in [0, 0.05) is 37.9 Å². The second-order valence-corrected chi connectivity index (χ2v) is 7.70. The number of nitrogens with zero attached hydrogens (tertiary/aromatic N) is 4. The van der Waals surface area contributed by atoms with Crippen molar-refractivity contribution in [3.05, 3.63) is 53.3 Å². The number of likely N-dealkylation sites (N-methyl/N-ethyl adjacent to an activating group) is 1. The van der Waals surface area contributed by atoms with Gasteiger partial charge < -0.3 is 26.7 Å². The number of rotatable bonds is 9. The Balaban J connectivity index is 1.90. The highest BCUT2D eigenvalue weighted by atomic mass is 35.5. The fraction of sp³-hybridized carbons (Fsp3) is 0.238. The molecule has 5 N–H and O–H groups in total. The summed E-state index contributed by atoms with van der Waals surface area (Å²) in [7, 11) is 1.52. The van der Waals surface area contributed by atoms with E-state index in [9.17, 15) is 9.59 Å². The first-order valence-electron chi connectivity index (χ1n) is 10.0. The molecule has 3 heterocycles. The van der Waals surface area contributed by atoms with Crippen molar-refractivity contribution in [1.29, 1.82) is 5.41 Å². The molecular formula is C21H24ClN9O2. The van der Waals surface area contributed by atoms with Gasteiger partial charge in [0.2, 0.25) is 5.91 Å². The van der Waals surface area contributed by atoms with Crippen molar-refractivity contribution in [3.63, 3.8) is 0 Å². The van der Waals surface area contributed by atoms with E-state index in [2.05, 4.69) is 36.3 Å². The molecule has 0 radical (unpaired) electrons. The minimum absolute atomic E-state index is 0.0129. The minimum atomic E-state index is -0.460. The van der Waals surface area contributed by atoms with Gasteiger partial charge in [-0.15, -0.1) is 0 Å². The van der Waals surface area contributed by atoms with Crippen LogP contribution in [0.5, 0.6) is 0 Å². The van der Waals surface area contributed by atoms with Crippen LogP contribution in [-0.2, 0) is 4.79 Å². The third kappa shape index (κ3) is 5.83. The van der Waals surface area contributed by atoms with Gasteiger partial charge in [-0.25, -0.2) is 9.50 Å². The molecule has 0 atom stereocenters. The summed E-state index contributed by atoms with van der Waals surface area (Å²) in [6, 6.07) is 1.79. The highest BCUT2D eigenvalue weighted by molar-refractivity contribution is 6.30. The average molecular weight is 470 g/mol. The lowest BCUT2D eigenvalue weighted by Gasteiger charge is -2.16. The summed E-state index contributed by atoms with van der Waals surface area (Å²) in [6.45, 7) is 3.91. The van der Waals surface area contributed by atoms with E-state index in [0.29, 0.717) is 33.2 Å². The molecule has 0 saturated heterocycles. The third-order valence-electron chi connectivity index (χ3n) is 4.41. The number of amides is 2. The Labute approximate surface area is 195 Å². The number of hydrogen-bond acceptors (Lipinski definition) is 8. The minimum Gasteiger partial charge on any atom is -0.382 e. The summed E-state index contributed by atoms with van der Waals surface area (Å²) in [5, 5.41) is 23.4. The second kappa shape index (κ2) is 10.6. The van der Waals surface area contributed by atoms with E-state index in [0.717, 1.165) is 6.21 Å². The zero-order valence-electron chi connectivity index (χ0n) is 18.3. The number of pyridine rings is 1. The van der Waals surface area contributed by atoms with Gasteiger partial charge in [0.25, 0.3) is 5.91 Å². The van der Waals surface area contributed by atoms with Crippen LogP contribution in [0.3, 0.4) is 0 Å². The van der Waals surface area contributed by atoms with Crippen LogP contribution in [0.1, 0.15) is 24.2 Å². The molecule has 0 spiro atoms. The molecule has 0 bridgehead atoms. The Bertz CT molecular complexity index is 1220. The largest absolute Gasteiger partial charge is 0.382 e. The van der Waals surface area contributed by atoms with Crippen LogP contribution >= 0.6 is 11.6 Å². The van der Waals surface area contributed by atoms with Gasteiger partial charge in [0.15, 0.2) is 5.65 Å². The summed E-state index contributed by atoms with van der Waals surface area (Å²) in [5.74, 6) is -0.687. The quantitative estimate of drug-likeness (QED) is 0.300. The Kier molecular flexibility index (Phi) is 7.57. The van der Waals surface area contributed by atoms with Gasteiger partial charge in [-0.1, -0.05) is 11.6 Å². The molecule has 0 unspecified atom stereocenters. The number of carbonyl (C=O) groups is 2. The van der Waals surface area contributed by atoms with E-state index in [-0.39, 0.29) is 24.2 Å². The van der Waals surface area contributed by atoms with Crippen LogP contribution in [0.15, 0.2) is 42.8 Å². The summed E-state index contributed by atoms with van der Waals surface area (Å²) in [5.41, 5.74) is 2.88. The number of nitrogens with one attached hydrogen (secondary N) is 5. The van der Waals surface area contributed by atoms with Crippen molar-refractivity contribution < 1.29 is 9.59 Å². The van der Waals surface area contributed by atoms with Crippen molar-refractivity contribution in [2.45, 2.75) is 19.9 Å². The number of hydrogen-bond donors (Lipinski definition) is 5. The molecule has 3 aromatic heterocycles. The predicted molar refractivity (Wildman–Crippen MR) is 126 cm³/mol. The maximum Gasteiger partial charge on any atom is 0.259 e. The Morgan fingerprint density at radius 1 is 1.24 bits per heavy atom. The highest BCUT2D eigenvalue weighted by Crippen LogP contribution is 2.27. The molecule has 0 aliphatic heterocycles. The Morgan fingerprint density at radius 2 is 2.03 bits per heavy atom.